The average Bonchev–Trinajstić information content (AvgIpc) is 2.61. The molecule has 0 aliphatic rings. The predicted octanol–water partition coefficient (Wildman–Crippen LogP) is 5.15. The fraction of sp³-hybridized carbons (Fsp3) is 0. The first-order chi connectivity index (χ1) is 12.4. The molecule has 4 nitrogen and oxygen atoms in total. The normalized spacial score (nSPS) is 10.5. The van der Waals surface area contributed by atoms with Gasteiger partial charge in [-0.1, -0.05) is 17.7 Å². The van der Waals surface area contributed by atoms with Gasteiger partial charge >= 0.3 is 0 Å². The first kappa shape index (κ1) is 17.8. The quantitative estimate of drug-likeness (QED) is 0.661. The number of benzene rings is 2. The summed E-state index contributed by atoms with van der Waals surface area (Å²) in [6, 6.07) is 10.0. The smallest absolute Gasteiger partial charge is 0.256 e. The lowest BCUT2D eigenvalue weighted by molar-refractivity contribution is 0.102. The Morgan fingerprint density at radius 3 is 2.38 bits per heavy atom. The minimum absolute atomic E-state index is 0.0704. The van der Waals surface area contributed by atoms with Gasteiger partial charge in [-0.2, -0.15) is 0 Å². The van der Waals surface area contributed by atoms with Gasteiger partial charge in [0.05, 0.1) is 5.02 Å². The average molecular weight is 378 g/mol. The van der Waals surface area contributed by atoms with E-state index in [-0.39, 0.29) is 16.4 Å². The molecule has 3 aromatic rings. The van der Waals surface area contributed by atoms with Gasteiger partial charge in [-0.3, -0.25) is 4.79 Å². The maximum atomic E-state index is 13.6. The molecule has 0 atom stereocenters. The highest BCUT2D eigenvalue weighted by Crippen LogP contribution is 2.23. The van der Waals surface area contributed by atoms with E-state index < -0.39 is 29.0 Å². The molecule has 8 heteroatoms. The highest BCUT2D eigenvalue weighted by atomic mass is 35.5. The Morgan fingerprint density at radius 1 is 0.962 bits per heavy atom. The largest absolute Gasteiger partial charge is 0.340 e. The Morgan fingerprint density at radius 2 is 1.69 bits per heavy atom. The van der Waals surface area contributed by atoms with Crippen molar-refractivity contribution in [3.63, 3.8) is 0 Å². The Balaban J connectivity index is 1.80. The predicted molar refractivity (Wildman–Crippen MR) is 93.2 cm³/mol. The van der Waals surface area contributed by atoms with E-state index in [2.05, 4.69) is 15.6 Å². The van der Waals surface area contributed by atoms with Crippen LogP contribution < -0.4 is 10.6 Å². The Labute approximate surface area is 151 Å². The zero-order valence-electron chi connectivity index (χ0n) is 13.1. The molecular weight excluding hydrogens is 367 g/mol. The van der Waals surface area contributed by atoms with Crippen LogP contribution in [-0.4, -0.2) is 10.9 Å². The van der Waals surface area contributed by atoms with Crippen molar-refractivity contribution in [3.05, 3.63) is 82.8 Å². The molecule has 3 rings (SSSR count). The van der Waals surface area contributed by atoms with Crippen molar-refractivity contribution in [2.24, 2.45) is 0 Å². The van der Waals surface area contributed by atoms with E-state index in [9.17, 15) is 18.0 Å². The van der Waals surface area contributed by atoms with Gasteiger partial charge in [0.15, 0.2) is 0 Å². The van der Waals surface area contributed by atoms with Gasteiger partial charge in [0.1, 0.15) is 29.0 Å². The molecule has 1 heterocycles. The molecule has 132 valence electrons. The number of carbonyl (C=O) groups excluding carboxylic acids is 1. The third-order valence-electron chi connectivity index (χ3n) is 3.42. The first-order valence-corrected chi connectivity index (χ1v) is 7.75. The van der Waals surface area contributed by atoms with Gasteiger partial charge in [0, 0.05) is 17.4 Å². The Kier molecular flexibility index (Phi) is 5.09. The van der Waals surface area contributed by atoms with Crippen LogP contribution in [0.4, 0.5) is 30.4 Å². The maximum absolute atomic E-state index is 13.6. The molecule has 0 saturated carbocycles. The second-order valence-electron chi connectivity index (χ2n) is 5.23. The minimum atomic E-state index is -0.883. The van der Waals surface area contributed by atoms with E-state index in [1.807, 2.05) is 0 Å². The molecule has 26 heavy (non-hydrogen) atoms. The van der Waals surface area contributed by atoms with Gasteiger partial charge in [-0.05, 0) is 42.5 Å². The van der Waals surface area contributed by atoms with Gasteiger partial charge in [0.25, 0.3) is 5.91 Å². The molecule has 0 bridgehead atoms. The van der Waals surface area contributed by atoms with Crippen molar-refractivity contribution in [2.75, 3.05) is 10.6 Å². The fourth-order valence-corrected chi connectivity index (χ4v) is 2.35. The lowest BCUT2D eigenvalue weighted by Crippen LogP contribution is -2.14. The van der Waals surface area contributed by atoms with Crippen LogP contribution in [0, 0.1) is 17.5 Å². The molecule has 0 saturated heterocycles. The number of carbonyl (C=O) groups is 1. The monoisotopic (exact) mass is 377 g/mol. The summed E-state index contributed by atoms with van der Waals surface area (Å²) < 4.78 is 40.5. The van der Waals surface area contributed by atoms with E-state index >= 15 is 0 Å². The van der Waals surface area contributed by atoms with Crippen LogP contribution in [0.2, 0.25) is 5.02 Å². The van der Waals surface area contributed by atoms with Crippen molar-refractivity contribution in [3.8, 4) is 0 Å². The number of anilines is 3. The topological polar surface area (TPSA) is 54.0 Å². The molecule has 0 fully saturated rings. The molecule has 0 aliphatic carbocycles. The van der Waals surface area contributed by atoms with Crippen LogP contribution >= 0.6 is 11.6 Å². The van der Waals surface area contributed by atoms with Gasteiger partial charge in [0.2, 0.25) is 0 Å². The van der Waals surface area contributed by atoms with Gasteiger partial charge in [-0.15, -0.1) is 0 Å². The summed E-state index contributed by atoms with van der Waals surface area (Å²) >= 11 is 5.71. The van der Waals surface area contributed by atoms with Crippen LogP contribution in [0.1, 0.15) is 10.4 Å². The van der Waals surface area contributed by atoms with E-state index in [4.69, 9.17) is 11.6 Å². The van der Waals surface area contributed by atoms with Crippen molar-refractivity contribution in [1.82, 2.24) is 4.98 Å². The van der Waals surface area contributed by atoms with Gasteiger partial charge < -0.3 is 10.6 Å². The second kappa shape index (κ2) is 7.45. The number of aromatic nitrogens is 1. The molecule has 0 spiro atoms. The lowest BCUT2D eigenvalue weighted by Gasteiger charge is -2.10. The molecular formula is C18H11ClF3N3O. The highest BCUT2D eigenvalue weighted by molar-refractivity contribution is 6.31. The first-order valence-electron chi connectivity index (χ1n) is 7.37. The number of pyridine rings is 1. The van der Waals surface area contributed by atoms with E-state index in [0.29, 0.717) is 5.69 Å². The lowest BCUT2D eigenvalue weighted by atomic mass is 10.2. The number of nitrogens with one attached hydrogen (secondary N) is 2. The summed E-state index contributed by atoms with van der Waals surface area (Å²) in [5.74, 6) is -2.77. The summed E-state index contributed by atoms with van der Waals surface area (Å²) in [5.41, 5.74) is 0.0501. The van der Waals surface area contributed by atoms with Crippen molar-refractivity contribution in [1.29, 1.82) is 0 Å². The molecule has 0 aliphatic heterocycles. The Bertz CT molecular complexity index is 961. The second-order valence-corrected chi connectivity index (χ2v) is 5.64. The molecule has 1 aromatic heterocycles. The zero-order valence-corrected chi connectivity index (χ0v) is 13.8. The van der Waals surface area contributed by atoms with Crippen molar-refractivity contribution in [2.45, 2.75) is 0 Å². The molecule has 1 amide bonds. The number of nitrogens with zero attached hydrogens (tertiary/aromatic N) is 1. The third-order valence-corrected chi connectivity index (χ3v) is 3.71. The van der Waals surface area contributed by atoms with Crippen molar-refractivity contribution >= 4 is 34.7 Å². The van der Waals surface area contributed by atoms with Crippen LogP contribution in [0.5, 0.6) is 0 Å². The SMILES string of the molecule is O=C(Nc1c(F)cccc1F)c1ccnc(Nc2ccc(F)c(Cl)c2)c1. The summed E-state index contributed by atoms with van der Waals surface area (Å²) in [7, 11) is 0. The molecule has 2 aromatic carbocycles. The summed E-state index contributed by atoms with van der Waals surface area (Å²) in [4.78, 5) is 16.3. The number of para-hydroxylation sites is 1. The molecule has 2 N–H and O–H groups in total. The highest BCUT2D eigenvalue weighted by Gasteiger charge is 2.14. The number of hydrogen-bond donors (Lipinski definition) is 2. The standard InChI is InChI=1S/C18H11ClF3N3O/c19-12-9-11(4-5-13(12)20)24-16-8-10(6-7-23-16)18(26)25-17-14(21)2-1-3-15(17)22/h1-9H,(H,23,24)(H,25,26). The molecule has 0 radical (unpaired) electrons. The number of hydrogen-bond acceptors (Lipinski definition) is 3. The third kappa shape index (κ3) is 3.94. The number of halogens is 4. The van der Waals surface area contributed by atoms with E-state index in [0.717, 1.165) is 12.1 Å². The minimum Gasteiger partial charge on any atom is -0.340 e. The van der Waals surface area contributed by atoms with Crippen LogP contribution in [0.15, 0.2) is 54.7 Å². The van der Waals surface area contributed by atoms with Crippen LogP contribution in [0.3, 0.4) is 0 Å². The summed E-state index contributed by atoms with van der Waals surface area (Å²) in [6.07, 6.45) is 1.35. The van der Waals surface area contributed by atoms with Gasteiger partial charge in [-0.25, -0.2) is 18.2 Å². The zero-order chi connectivity index (χ0) is 18.7. The van der Waals surface area contributed by atoms with Crippen LogP contribution in [-0.2, 0) is 0 Å². The van der Waals surface area contributed by atoms with E-state index in [1.54, 1.807) is 0 Å². The number of rotatable bonds is 4. The Hall–Kier alpha value is -3.06. The fourth-order valence-electron chi connectivity index (χ4n) is 2.16. The summed E-state index contributed by atoms with van der Waals surface area (Å²) in [6.45, 7) is 0. The van der Waals surface area contributed by atoms with E-state index in [1.165, 1.54) is 42.6 Å². The number of amides is 1. The maximum Gasteiger partial charge on any atom is 0.256 e. The van der Waals surface area contributed by atoms with Crippen molar-refractivity contribution < 1.29 is 18.0 Å². The molecule has 0 unspecified atom stereocenters. The van der Waals surface area contributed by atoms with Crippen LogP contribution in [0.25, 0.3) is 0 Å². The summed E-state index contributed by atoms with van der Waals surface area (Å²) in [5, 5.41) is 4.98.